The van der Waals surface area contributed by atoms with Gasteiger partial charge in [0.2, 0.25) is 5.58 Å². The zero-order valence-electron chi connectivity index (χ0n) is 12.9. The van der Waals surface area contributed by atoms with Crippen LogP contribution in [0, 0.1) is 0 Å². The molecule has 1 fully saturated rings. The summed E-state index contributed by atoms with van der Waals surface area (Å²) < 4.78 is 5.31. The topological polar surface area (TPSA) is 126 Å². The minimum Gasteiger partial charge on any atom is -0.503 e. The van der Waals surface area contributed by atoms with Gasteiger partial charge < -0.3 is 20.1 Å². The second-order valence-electron chi connectivity index (χ2n) is 5.76. The lowest BCUT2D eigenvalue weighted by Gasteiger charge is -2.08. The van der Waals surface area contributed by atoms with E-state index in [0.717, 1.165) is 17.7 Å². The van der Waals surface area contributed by atoms with Crippen LogP contribution >= 0.6 is 11.3 Å². The summed E-state index contributed by atoms with van der Waals surface area (Å²) in [5.74, 6) is -2.21. The van der Waals surface area contributed by atoms with E-state index in [1.807, 2.05) is 17.5 Å². The Bertz CT molecular complexity index is 975. The molecule has 1 saturated carbocycles. The average molecular weight is 359 g/mol. The van der Waals surface area contributed by atoms with Crippen LogP contribution in [0.4, 0.5) is 0 Å². The van der Waals surface area contributed by atoms with E-state index in [-0.39, 0.29) is 17.2 Å². The lowest BCUT2D eigenvalue weighted by molar-refractivity contribution is -0.135. The first-order valence-electron chi connectivity index (χ1n) is 7.62. The largest absolute Gasteiger partial charge is 0.503 e. The van der Waals surface area contributed by atoms with Gasteiger partial charge in [-0.15, -0.1) is 11.3 Å². The van der Waals surface area contributed by atoms with Crippen LogP contribution < -0.4 is 5.32 Å². The number of nitrogens with zero attached hydrogens (tertiary/aromatic N) is 2. The molecule has 1 aliphatic carbocycles. The van der Waals surface area contributed by atoms with Gasteiger partial charge in [-0.2, -0.15) is 0 Å². The Morgan fingerprint density at radius 2 is 2.20 bits per heavy atom. The van der Waals surface area contributed by atoms with Gasteiger partial charge in [0, 0.05) is 5.92 Å². The first kappa shape index (κ1) is 15.6. The van der Waals surface area contributed by atoms with Gasteiger partial charge in [0.1, 0.15) is 12.2 Å². The van der Waals surface area contributed by atoms with E-state index in [4.69, 9.17) is 9.63 Å². The van der Waals surface area contributed by atoms with Gasteiger partial charge in [-0.05, 0) is 24.3 Å². The van der Waals surface area contributed by atoms with Crippen LogP contribution in [0.1, 0.15) is 34.9 Å². The number of pyridine rings is 1. The molecule has 0 spiro atoms. The van der Waals surface area contributed by atoms with Crippen molar-refractivity contribution in [2.45, 2.75) is 18.8 Å². The summed E-state index contributed by atoms with van der Waals surface area (Å²) in [5, 5.41) is 27.9. The lowest BCUT2D eigenvalue weighted by atomic mass is 10.1. The number of hydrogen-bond donors (Lipinski definition) is 3. The molecular formula is C16H13N3O5S. The van der Waals surface area contributed by atoms with Crippen LogP contribution in [0.25, 0.3) is 21.5 Å². The third kappa shape index (κ3) is 2.72. The van der Waals surface area contributed by atoms with Crippen molar-refractivity contribution in [2.75, 3.05) is 6.54 Å². The van der Waals surface area contributed by atoms with Crippen LogP contribution in [-0.4, -0.2) is 38.8 Å². The number of carboxylic acids is 1. The van der Waals surface area contributed by atoms with E-state index in [1.165, 1.54) is 11.3 Å². The molecule has 9 heteroatoms. The summed E-state index contributed by atoms with van der Waals surface area (Å²) in [6.45, 7) is -0.562. The van der Waals surface area contributed by atoms with Crippen LogP contribution in [0.15, 0.2) is 22.0 Å². The Hall–Kier alpha value is -2.94. The molecule has 1 aliphatic rings. The molecule has 3 aromatic rings. The van der Waals surface area contributed by atoms with E-state index in [1.54, 1.807) is 0 Å². The van der Waals surface area contributed by atoms with E-state index in [9.17, 15) is 14.7 Å². The van der Waals surface area contributed by atoms with Crippen molar-refractivity contribution in [3.05, 3.63) is 28.9 Å². The highest BCUT2D eigenvalue weighted by atomic mass is 32.1. The Kier molecular flexibility index (Phi) is 3.65. The van der Waals surface area contributed by atoms with Gasteiger partial charge >= 0.3 is 5.97 Å². The SMILES string of the molecule is O=C(O)CNC(=O)c1nc(C2CC2)c2c(-c3cccs3)noc2c1O. The van der Waals surface area contributed by atoms with Crippen molar-refractivity contribution < 1.29 is 24.3 Å². The number of carbonyl (C=O) groups is 2. The maximum atomic E-state index is 12.2. The molecule has 0 saturated heterocycles. The zero-order valence-corrected chi connectivity index (χ0v) is 13.7. The number of nitrogens with one attached hydrogen (secondary N) is 1. The third-order valence-electron chi connectivity index (χ3n) is 3.95. The highest BCUT2D eigenvalue weighted by Gasteiger charge is 2.34. The fraction of sp³-hybridized carbons (Fsp3) is 0.250. The Balaban J connectivity index is 1.86. The zero-order chi connectivity index (χ0) is 17.6. The van der Waals surface area contributed by atoms with E-state index in [0.29, 0.717) is 16.8 Å². The molecule has 3 aromatic heterocycles. The van der Waals surface area contributed by atoms with Gasteiger partial charge in [-0.25, -0.2) is 4.98 Å². The summed E-state index contributed by atoms with van der Waals surface area (Å²) in [4.78, 5) is 28.0. The predicted molar refractivity (Wildman–Crippen MR) is 88.7 cm³/mol. The van der Waals surface area contributed by atoms with Gasteiger partial charge in [-0.1, -0.05) is 11.2 Å². The van der Waals surface area contributed by atoms with E-state index < -0.39 is 24.2 Å². The van der Waals surface area contributed by atoms with Gasteiger partial charge in [0.15, 0.2) is 11.4 Å². The molecule has 1 amide bonds. The fourth-order valence-electron chi connectivity index (χ4n) is 2.66. The molecule has 128 valence electrons. The molecule has 0 atom stereocenters. The number of carboxylic acid groups (broad SMARTS) is 1. The van der Waals surface area contributed by atoms with Crippen molar-refractivity contribution in [3.63, 3.8) is 0 Å². The minimum atomic E-state index is -1.18. The Morgan fingerprint density at radius 3 is 2.84 bits per heavy atom. The Morgan fingerprint density at radius 1 is 1.40 bits per heavy atom. The highest BCUT2D eigenvalue weighted by Crippen LogP contribution is 2.47. The molecule has 0 unspecified atom stereocenters. The number of fused-ring (bicyclic) bond motifs is 1. The quantitative estimate of drug-likeness (QED) is 0.638. The highest BCUT2D eigenvalue weighted by molar-refractivity contribution is 7.13. The number of aliphatic carboxylic acids is 1. The monoisotopic (exact) mass is 359 g/mol. The third-order valence-corrected chi connectivity index (χ3v) is 4.83. The van der Waals surface area contributed by atoms with Crippen LogP contribution in [0.5, 0.6) is 5.75 Å². The van der Waals surface area contributed by atoms with Crippen molar-refractivity contribution >= 4 is 34.2 Å². The molecule has 8 nitrogen and oxygen atoms in total. The first-order chi connectivity index (χ1) is 12.1. The summed E-state index contributed by atoms with van der Waals surface area (Å²) >= 11 is 1.49. The van der Waals surface area contributed by atoms with Crippen LogP contribution in [0.2, 0.25) is 0 Å². The number of thiophene rings is 1. The molecule has 0 aromatic carbocycles. The Labute approximate surface area is 145 Å². The van der Waals surface area contributed by atoms with Crippen molar-refractivity contribution in [1.29, 1.82) is 0 Å². The summed E-state index contributed by atoms with van der Waals surface area (Å²) in [6, 6.07) is 3.78. The minimum absolute atomic E-state index is 0.0979. The molecule has 4 rings (SSSR count). The van der Waals surface area contributed by atoms with Crippen LogP contribution in [0.3, 0.4) is 0 Å². The first-order valence-corrected chi connectivity index (χ1v) is 8.50. The molecule has 0 radical (unpaired) electrons. The van der Waals surface area contributed by atoms with Crippen molar-refractivity contribution in [1.82, 2.24) is 15.5 Å². The van der Waals surface area contributed by atoms with Gasteiger partial charge in [-0.3, -0.25) is 9.59 Å². The number of carbonyl (C=O) groups excluding carboxylic acids is 1. The van der Waals surface area contributed by atoms with Crippen LogP contribution in [-0.2, 0) is 4.79 Å². The van der Waals surface area contributed by atoms with Crippen molar-refractivity contribution in [2.24, 2.45) is 0 Å². The maximum Gasteiger partial charge on any atom is 0.322 e. The summed E-state index contributed by atoms with van der Waals surface area (Å²) in [7, 11) is 0. The molecule has 25 heavy (non-hydrogen) atoms. The normalized spacial score (nSPS) is 13.9. The maximum absolute atomic E-state index is 12.2. The molecule has 0 bridgehead atoms. The van der Waals surface area contributed by atoms with E-state index in [2.05, 4.69) is 15.5 Å². The number of amides is 1. The number of aromatic hydroxyl groups is 1. The second-order valence-corrected chi connectivity index (χ2v) is 6.71. The number of aromatic nitrogens is 2. The summed E-state index contributed by atoms with van der Waals surface area (Å²) in [5.41, 5.74) is 1.09. The molecule has 0 aliphatic heterocycles. The summed E-state index contributed by atoms with van der Waals surface area (Å²) in [6.07, 6.45) is 1.86. The van der Waals surface area contributed by atoms with Gasteiger partial charge in [0.05, 0.1) is 16.0 Å². The van der Waals surface area contributed by atoms with Gasteiger partial charge in [0.25, 0.3) is 5.91 Å². The standard InChI is InChI=1S/C16H13N3O5S/c20-9(21)6-17-16(23)13-14(22)15-10(11(18-13)7-3-4-7)12(19-24-15)8-2-1-5-25-8/h1-2,5,7,22H,3-4,6H2,(H,17,23)(H,20,21). The number of hydrogen-bond acceptors (Lipinski definition) is 7. The smallest absolute Gasteiger partial charge is 0.322 e. The van der Waals surface area contributed by atoms with E-state index >= 15 is 0 Å². The second kappa shape index (κ2) is 5.85. The molecule has 3 heterocycles. The van der Waals surface area contributed by atoms with Crippen molar-refractivity contribution in [3.8, 4) is 16.3 Å². The number of rotatable bonds is 5. The predicted octanol–water partition coefficient (Wildman–Crippen LogP) is 2.35. The molecule has 3 N–H and O–H groups in total. The average Bonchev–Trinajstić information content (AvgIpc) is 3.10. The fourth-order valence-corrected chi connectivity index (χ4v) is 3.37. The molecular weight excluding hydrogens is 346 g/mol. The lowest BCUT2D eigenvalue weighted by Crippen LogP contribution is -2.30.